The molecule has 158 valence electrons. The van der Waals surface area contributed by atoms with Crippen LogP contribution in [0, 0.1) is 5.95 Å². The maximum absolute atomic E-state index is 14.2. The van der Waals surface area contributed by atoms with E-state index in [0.29, 0.717) is 17.5 Å². The van der Waals surface area contributed by atoms with Crippen molar-refractivity contribution in [2.75, 3.05) is 0 Å². The number of aromatic nitrogens is 2. The molecule has 0 bridgehead atoms. The molecule has 0 spiro atoms. The number of aryl methyl sites for hydroxylation is 1. The maximum Gasteiger partial charge on any atom is 0.416 e. The number of halogens is 7. The number of carbonyl (C=O) groups is 1. The van der Waals surface area contributed by atoms with Crippen molar-refractivity contribution in [3.63, 3.8) is 0 Å². The second-order valence-electron chi connectivity index (χ2n) is 6.81. The molecule has 1 aromatic heterocycles. The lowest BCUT2D eigenvalue weighted by atomic mass is 10.1. The third-order valence-electron chi connectivity index (χ3n) is 4.66. The van der Waals surface area contributed by atoms with Crippen LogP contribution in [0.5, 0.6) is 0 Å². The number of amides is 1. The van der Waals surface area contributed by atoms with E-state index in [0.717, 1.165) is 30.1 Å². The van der Waals surface area contributed by atoms with Gasteiger partial charge >= 0.3 is 6.18 Å². The highest BCUT2D eigenvalue weighted by molar-refractivity contribution is 6.30. The van der Waals surface area contributed by atoms with Crippen molar-refractivity contribution in [1.82, 2.24) is 14.7 Å². The average Bonchev–Trinajstić information content (AvgIpc) is 3.41. The van der Waals surface area contributed by atoms with Crippen molar-refractivity contribution in [2.24, 2.45) is 7.05 Å². The van der Waals surface area contributed by atoms with Crippen molar-refractivity contribution in [3.8, 4) is 0 Å². The number of benzene rings is 1. The molecule has 1 fully saturated rings. The molecule has 0 unspecified atom stereocenters. The first-order valence-electron chi connectivity index (χ1n) is 8.63. The van der Waals surface area contributed by atoms with Gasteiger partial charge in [0, 0.05) is 30.2 Å². The van der Waals surface area contributed by atoms with Gasteiger partial charge in [0.2, 0.25) is 11.9 Å². The Balaban J connectivity index is 1.89. The zero-order chi connectivity index (χ0) is 21.5. The topological polar surface area (TPSA) is 38.1 Å². The molecule has 2 aromatic rings. The van der Waals surface area contributed by atoms with Gasteiger partial charge < -0.3 is 4.90 Å². The van der Waals surface area contributed by atoms with Crippen molar-refractivity contribution in [3.05, 3.63) is 51.6 Å². The standard InChI is InChI=1S/C18H16ClF6N3O/c1-27-17(22)12(15(26-27)16(20)21)7-14(29)28(11-3-4-11)8-9-6-10(19)2-5-13(9)18(23,24)25/h2,5-6,11,16H,3-4,7-8H2,1H3. The fourth-order valence-electron chi connectivity index (χ4n) is 3.12. The van der Waals surface area contributed by atoms with E-state index in [2.05, 4.69) is 5.10 Å². The number of alkyl halides is 5. The Morgan fingerprint density at radius 2 is 2.00 bits per heavy atom. The van der Waals surface area contributed by atoms with Crippen molar-refractivity contribution in [1.29, 1.82) is 0 Å². The van der Waals surface area contributed by atoms with Gasteiger partial charge in [-0.05, 0) is 36.6 Å². The molecular formula is C18H16ClF6N3O. The highest BCUT2D eigenvalue weighted by atomic mass is 35.5. The lowest BCUT2D eigenvalue weighted by molar-refractivity contribution is -0.140. The number of carbonyl (C=O) groups excluding carboxylic acids is 1. The third-order valence-corrected chi connectivity index (χ3v) is 4.89. The second-order valence-corrected chi connectivity index (χ2v) is 7.24. The molecular weight excluding hydrogens is 424 g/mol. The van der Waals surface area contributed by atoms with Crippen LogP contribution in [-0.4, -0.2) is 26.6 Å². The van der Waals surface area contributed by atoms with Crippen molar-refractivity contribution >= 4 is 17.5 Å². The smallest absolute Gasteiger partial charge is 0.335 e. The highest BCUT2D eigenvalue weighted by Crippen LogP contribution is 2.36. The van der Waals surface area contributed by atoms with Gasteiger partial charge in [0.15, 0.2) is 0 Å². The predicted octanol–water partition coefficient (Wildman–Crippen LogP) is 4.90. The highest BCUT2D eigenvalue weighted by Gasteiger charge is 2.38. The molecule has 0 radical (unpaired) electrons. The zero-order valence-corrected chi connectivity index (χ0v) is 15.9. The molecule has 3 rings (SSSR count). The van der Waals surface area contributed by atoms with E-state index in [1.165, 1.54) is 0 Å². The predicted molar refractivity (Wildman–Crippen MR) is 91.9 cm³/mol. The monoisotopic (exact) mass is 439 g/mol. The van der Waals surface area contributed by atoms with E-state index in [9.17, 15) is 31.1 Å². The Kier molecular flexibility index (Phi) is 5.84. The van der Waals surface area contributed by atoms with Crippen molar-refractivity contribution < 1.29 is 31.1 Å². The molecule has 1 aliphatic carbocycles. The summed E-state index contributed by atoms with van der Waals surface area (Å²) in [6, 6.07) is 2.69. The fourth-order valence-corrected chi connectivity index (χ4v) is 3.31. The van der Waals surface area contributed by atoms with Gasteiger partial charge in [-0.1, -0.05) is 11.6 Å². The van der Waals surface area contributed by atoms with E-state index in [1.54, 1.807) is 0 Å². The Labute approximate surface area is 167 Å². The van der Waals surface area contributed by atoms with E-state index in [1.807, 2.05) is 0 Å². The molecule has 0 atom stereocenters. The molecule has 0 aliphatic heterocycles. The Hall–Kier alpha value is -2.23. The van der Waals surface area contributed by atoms with E-state index in [4.69, 9.17) is 11.6 Å². The number of nitrogens with zero attached hydrogens (tertiary/aromatic N) is 3. The van der Waals surface area contributed by atoms with Gasteiger partial charge in [-0.15, -0.1) is 0 Å². The van der Waals surface area contributed by atoms with Crippen LogP contribution in [-0.2, 0) is 31.0 Å². The molecule has 1 saturated carbocycles. The van der Waals surface area contributed by atoms with Crippen LogP contribution < -0.4 is 0 Å². The van der Waals surface area contributed by atoms with E-state index < -0.39 is 54.2 Å². The minimum atomic E-state index is -4.66. The SMILES string of the molecule is Cn1nc(C(F)F)c(CC(=O)N(Cc2cc(Cl)ccc2C(F)(F)F)C2CC2)c1F. The zero-order valence-electron chi connectivity index (χ0n) is 15.1. The summed E-state index contributed by atoms with van der Waals surface area (Å²) in [6.45, 7) is -0.412. The van der Waals surface area contributed by atoms with Crippen LogP contribution >= 0.6 is 11.6 Å². The van der Waals surface area contributed by atoms with Crippen LogP contribution in [0.4, 0.5) is 26.3 Å². The summed E-state index contributed by atoms with van der Waals surface area (Å²) in [6.07, 6.45) is -7.35. The van der Waals surface area contributed by atoms with Crippen LogP contribution in [0.3, 0.4) is 0 Å². The van der Waals surface area contributed by atoms with Crippen LogP contribution in [0.25, 0.3) is 0 Å². The minimum absolute atomic E-state index is 0.0643. The lowest BCUT2D eigenvalue weighted by Gasteiger charge is -2.24. The van der Waals surface area contributed by atoms with Crippen LogP contribution in [0.1, 0.15) is 41.7 Å². The number of rotatable bonds is 6. The van der Waals surface area contributed by atoms with Gasteiger partial charge in [0.25, 0.3) is 6.43 Å². The summed E-state index contributed by atoms with van der Waals surface area (Å²) >= 11 is 5.82. The average molecular weight is 440 g/mol. The largest absolute Gasteiger partial charge is 0.416 e. The normalized spacial score (nSPS) is 14.5. The lowest BCUT2D eigenvalue weighted by Crippen LogP contribution is -2.35. The molecule has 11 heteroatoms. The summed E-state index contributed by atoms with van der Waals surface area (Å²) in [4.78, 5) is 13.9. The van der Waals surface area contributed by atoms with Crippen LogP contribution in [0.2, 0.25) is 5.02 Å². The molecule has 1 heterocycles. The van der Waals surface area contributed by atoms with Gasteiger partial charge in [0.05, 0.1) is 12.0 Å². The van der Waals surface area contributed by atoms with Gasteiger partial charge in [-0.3, -0.25) is 4.79 Å². The van der Waals surface area contributed by atoms with E-state index in [-0.39, 0.29) is 16.6 Å². The first-order valence-corrected chi connectivity index (χ1v) is 9.01. The van der Waals surface area contributed by atoms with E-state index >= 15 is 0 Å². The summed E-state index contributed by atoms with van der Waals surface area (Å²) in [7, 11) is 1.12. The van der Waals surface area contributed by atoms with Gasteiger partial charge in [-0.25, -0.2) is 13.5 Å². The summed E-state index contributed by atoms with van der Waals surface area (Å²) in [5, 5.41) is 3.44. The Morgan fingerprint density at radius 3 is 2.55 bits per heavy atom. The number of hydrogen-bond donors (Lipinski definition) is 0. The molecule has 1 aliphatic rings. The van der Waals surface area contributed by atoms with Crippen molar-refractivity contribution in [2.45, 2.75) is 44.5 Å². The molecule has 29 heavy (non-hydrogen) atoms. The first-order chi connectivity index (χ1) is 13.5. The minimum Gasteiger partial charge on any atom is -0.335 e. The van der Waals surface area contributed by atoms with Gasteiger partial charge in [0.1, 0.15) is 5.69 Å². The quantitative estimate of drug-likeness (QED) is 0.600. The third kappa shape index (κ3) is 4.68. The molecule has 1 amide bonds. The second kappa shape index (κ2) is 7.89. The van der Waals surface area contributed by atoms with Crippen LogP contribution in [0.15, 0.2) is 18.2 Å². The maximum atomic E-state index is 14.2. The fraction of sp³-hybridized carbons (Fsp3) is 0.444. The first kappa shape index (κ1) is 21.5. The van der Waals surface area contributed by atoms with Gasteiger partial charge in [-0.2, -0.15) is 22.7 Å². The molecule has 0 saturated heterocycles. The summed E-state index contributed by atoms with van der Waals surface area (Å²) in [5.41, 5.74) is -2.57. The molecule has 4 nitrogen and oxygen atoms in total. The Morgan fingerprint density at radius 1 is 1.34 bits per heavy atom. The molecule has 1 aromatic carbocycles. The Bertz CT molecular complexity index is 923. The molecule has 0 N–H and O–H groups in total. The number of hydrogen-bond acceptors (Lipinski definition) is 2. The summed E-state index contributed by atoms with van der Waals surface area (Å²) in [5.74, 6) is -1.84. The summed E-state index contributed by atoms with van der Waals surface area (Å²) < 4.78 is 80.9.